The van der Waals surface area contributed by atoms with E-state index in [0.717, 1.165) is 30.8 Å². The number of carbonyl (C=O) groups is 1. The molecule has 2 aromatic rings. The Kier molecular flexibility index (Phi) is 4.92. The summed E-state index contributed by atoms with van der Waals surface area (Å²) in [6, 6.07) is 8.78. The van der Waals surface area contributed by atoms with Gasteiger partial charge in [0.25, 0.3) is 5.91 Å². The van der Waals surface area contributed by atoms with Crippen molar-refractivity contribution in [2.75, 3.05) is 32.1 Å². The second-order valence-electron chi connectivity index (χ2n) is 5.96. The average Bonchev–Trinajstić information content (AvgIpc) is 3.06. The molecule has 0 atom stereocenters. The van der Waals surface area contributed by atoms with Crippen molar-refractivity contribution in [3.05, 3.63) is 40.3 Å². The summed E-state index contributed by atoms with van der Waals surface area (Å²) in [5.41, 5.74) is 5.18. The Labute approximate surface area is 147 Å². The molecule has 0 unspecified atom stereocenters. The van der Waals surface area contributed by atoms with Crippen molar-refractivity contribution in [2.24, 2.45) is 0 Å². The van der Waals surface area contributed by atoms with Crippen LogP contribution in [-0.4, -0.2) is 38.2 Å². The summed E-state index contributed by atoms with van der Waals surface area (Å²) >= 11 is 1.58. The summed E-state index contributed by atoms with van der Waals surface area (Å²) in [6.07, 6.45) is 2.03. The zero-order valence-electron chi connectivity index (χ0n) is 14.8. The molecule has 0 fully saturated rings. The number of aryl methyl sites for hydroxylation is 2. The topological polar surface area (TPSA) is 32.8 Å². The Morgan fingerprint density at radius 2 is 1.88 bits per heavy atom. The molecule has 1 aromatic carbocycles. The van der Waals surface area contributed by atoms with Crippen LogP contribution in [0, 0.1) is 0 Å². The monoisotopic (exact) mass is 344 g/mol. The first-order valence-electron chi connectivity index (χ1n) is 8.42. The lowest BCUT2D eigenvalue weighted by atomic mass is 9.91. The van der Waals surface area contributed by atoms with E-state index in [4.69, 9.17) is 4.84 Å². The fraction of sp³-hybridized carbons (Fsp3) is 0.421. The largest absolute Gasteiger partial charge is 0.372 e. The van der Waals surface area contributed by atoms with E-state index < -0.39 is 0 Å². The molecular formula is C19H24N2O2S. The minimum absolute atomic E-state index is 0.0849. The molecule has 1 aliphatic rings. The molecule has 0 aliphatic heterocycles. The maximum absolute atomic E-state index is 12.4. The standard InChI is InChI=1S/C19H24N2O2S/c1-5-21(6-2)15-10-9-13-7-8-14-11-17(19(22)20(3)23-4)24-18(14)16(13)12-15/h9-12H,5-8H2,1-4H3. The van der Waals surface area contributed by atoms with Crippen molar-refractivity contribution in [2.45, 2.75) is 26.7 Å². The van der Waals surface area contributed by atoms with Gasteiger partial charge in [-0.25, -0.2) is 5.06 Å². The third-order valence-corrected chi connectivity index (χ3v) is 5.91. The average molecular weight is 344 g/mol. The molecule has 1 amide bonds. The van der Waals surface area contributed by atoms with Gasteiger partial charge in [-0.15, -0.1) is 11.3 Å². The highest BCUT2D eigenvalue weighted by atomic mass is 32.1. The van der Waals surface area contributed by atoms with Crippen molar-refractivity contribution in [1.29, 1.82) is 0 Å². The van der Waals surface area contributed by atoms with Crippen molar-refractivity contribution >= 4 is 22.9 Å². The zero-order valence-corrected chi connectivity index (χ0v) is 15.6. The van der Waals surface area contributed by atoms with Gasteiger partial charge in [-0.3, -0.25) is 9.63 Å². The van der Waals surface area contributed by atoms with Crippen LogP contribution in [0.2, 0.25) is 0 Å². The molecular weight excluding hydrogens is 320 g/mol. The molecule has 0 bridgehead atoms. The van der Waals surface area contributed by atoms with Crippen LogP contribution >= 0.6 is 11.3 Å². The third kappa shape index (κ3) is 2.94. The fourth-order valence-corrected chi connectivity index (χ4v) is 4.46. The molecule has 4 nitrogen and oxygen atoms in total. The van der Waals surface area contributed by atoms with Gasteiger partial charge in [0, 0.05) is 30.7 Å². The van der Waals surface area contributed by atoms with Crippen LogP contribution in [-0.2, 0) is 17.7 Å². The highest BCUT2D eigenvalue weighted by molar-refractivity contribution is 7.17. The summed E-state index contributed by atoms with van der Waals surface area (Å²) in [5.74, 6) is -0.0849. The summed E-state index contributed by atoms with van der Waals surface area (Å²) in [5, 5.41) is 1.28. The van der Waals surface area contributed by atoms with E-state index in [1.165, 1.54) is 39.4 Å². The lowest BCUT2D eigenvalue weighted by molar-refractivity contribution is -0.0753. The predicted octanol–water partition coefficient (Wildman–Crippen LogP) is 3.99. The van der Waals surface area contributed by atoms with Gasteiger partial charge in [-0.05, 0) is 61.6 Å². The number of hydrogen-bond donors (Lipinski definition) is 0. The smallest absolute Gasteiger partial charge is 0.287 e. The minimum atomic E-state index is -0.0849. The van der Waals surface area contributed by atoms with E-state index in [2.05, 4.69) is 36.9 Å². The van der Waals surface area contributed by atoms with Gasteiger partial charge >= 0.3 is 0 Å². The number of hydroxylamine groups is 2. The molecule has 128 valence electrons. The molecule has 5 heteroatoms. The summed E-state index contributed by atoms with van der Waals surface area (Å²) in [6.45, 7) is 6.34. The molecule has 1 aromatic heterocycles. The Balaban J connectivity index is 2.02. The number of anilines is 1. The van der Waals surface area contributed by atoms with Crippen LogP contribution in [0.3, 0.4) is 0 Å². The second-order valence-corrected chi connectivity index (χ2v) is 7.02. The van der Waals surface area contributed by atoms with Crippen LogP contribution in [0.15, 0.2) is 24.3 Å². The van der Waals surface area contributed by atoms with E-state index in [9.17, 15) is 4.79 Å². The van der Waals surface area contributed by atoms with Gasteiger partial charge < -0.3 is 4.90 Å². The molecule has 0 spiro atoms. The number of rotatable bonds is 5. The Morgan fingerprint density at radius 3 is 2.54 bits per heavy atom. The molecule has 1 aliphatic carbocycles. The first-order valence-corrected chi connectivity index (χ1v) is 9.23. The van der Waals surface area contributed by atoms with Crippen molar-refractivity contribution < 1.29 is 9.63 Å². The van der Waals surface area contributed by atoms with E-state index in [0.29, 0.717) is 0 Å². The van der Waals surface area contributed by atoms with Gasteiger partial charge in [-0.2, -0.15) is 0 Å². The summed E-state index contributed by atoms with van der Waals surface area (Å²) in [7, 11) is 3.16. The number of thiophene rings is 1. The van der Waals surface area contributed by atoms with E-state index in [-0.39, 0.29) is 5.91 Å². The van der Waals surface area contributed by atoms with Crippen molar-refractivity contribution in [3.8, 4) is 10.4 Å². The first-order chi connectivity index (χ1) is 11.6. The molecule has 0 radical (unpaired) electrons. The van der Waals surface area contributed by atoms with Gasteiger partial charge in [0.1, 0.15) is 0 Å². The lowest BCUT2D eigenvalue weighted by Crippen LogP contribution is -2.24. The van der Waals surface area contributed by atoms with E-state index in [1.807, 2.05) is 6.07 Å². The molecule has 3 rings (SSSR count). The second kappa shape index (κ2) is 6.95. The van der Waals surface area contributed by atoms with Crippen LogP contribution in [0.25, 0.3) is 10.4 Å². The van der Waals surface area contributed by atoms with Crippen molar-refractivity contribution in [1.82, 2.24) is 5.06 Å². The van der Waals surface area contributed by atoms with Gasteiger partial charge in [0.15, 0.2) is 0 Å². The number of carbonyl (C=O) groups excluding carboxylic acids is 1. The molecule has 0 N–H and O–H groups in total. The normalized spacial score (nSPS) is 12.5. The summed E-state index contributed by atoms with van der Waals surface area (Å²) < 4.78 is 0. The van der Waals surface area contributed by atoms with Crippen molar-refractivity contribution in [3.63, 3.8) is 0 Å². The molecule has 1 heterocycles. The molecule has 24 heavy (non-hydrogen) atoms. The third-order valence-electron chi connectivity index (χ3n) is 4.71. The van der Waals surface area contributed by atoms with Gasteiger partial charge in [0.2, 0.25) is 0 Å². The van der Waals surface area contributed by atoms with Crippen LogP contribution in [0.1, 0.15) is 34.6 Å². The maximum Gasteiger partial charge on any atom is 0.287 e. The number of amides is 1. The number of hydrogen-bond acceptors (Lipinski definition) is 4. The van der Waals surface area contributed by atoms with E-state index in [1.54, 1.807) is 18.4 Å². The van der Waals surface area contributed by atoms with Gasteiger partial charge in [0.05, 0.1) is 12.0 Å². The first kappa shape index (κ1) is 17.0. The zero-order chi connectivity index (χ0) is 17.3. The number of benzene rings is 1. The molecule has 0 saturated heterocycles. The Hall–Kier alpha value is -1.85. The van der Waals surface area contributed by atoms with Gasteiger partial charge in [-0.1, -0.05) is 6.07 Å². The molecule has 0 saturated carbocycles. The Morgan fingerprint density at radius 1 is 1.17 bits per heavy atom. The predicted molar refractivity (Wildman–Crippen MR) is 99.8 cm³/mol. The SMILES string of the molecule is CCN(CC)c1ccc2c(c1)-c1sc(C(=O)N(C)OC)cc1CC2. The number of nitrogens with zero attached hydrogens (tertiary/aromatic N) is 2. The van der Waals surface area contributed by atoms with E-state index >= 15 is 0 Å². The summed E-state index contributed by atoms with van der Waals surface area (Å²) in [4.78, 5) is 21.7. The van der Waals surface area contributed by atoms with Crippen LogP contribution in [0.4, 0.5) is 5.69 Å². The minimum Gasteiger partial charge on any atom is -0.372 e. The highest BCUT2D eigenvalue weighted by Gasteiger charge is 2.23. The van der Waals surface area contributed by atoms with Crippen LogP contribution < -0.4 is 4.90 Å². The van der Waals surface area contributed by atoms with Crippen LogP contribution in [0.5, 0.6) is 0 Å². The maximum atomic E-state index is 12.4. The quantitative estimate of drug-likeness (QED) is 0.769. The lowest BCUT2D eigenvalue weighted by Gasteiger charge is -2.24. The number of fused-ring (bicyclic) bond motifs is 3. The highest BCUT2D eigenvalue weighted by Crippen LogP contribution is 2.41. The fourth-order valence-electron chi connectivity index (χ4n) is 3.23. The Bertz CT molecular complexity index is 750.